The molecule has 0 aliphatic carbocycles. The number of benzene rings is 1. The number of hydrogen-bond donors (Lipinski definition) is 1. The molecule has 1 aliphatic heterocycles. The summed E-state index contributed by atoms with van der Waals surface area (Å²) in [6.45, 7) is 10.3. The molecule has 0 amide bonds. The molecule has 4 heteroatoms. The number of nitrogens with one attached hydrogen (secondary N) is 1. The van der Waals surface area contributed by atoms with Crippen molar-refractivity contribution in [2.24, 2.45) is 0 Å². The van der Waals surface area contributed by atoms with Crippen molar-refractivity contribution in [3.8, 4) is 0 Å². The van der Waals surface area contributed by atoms with E-state index < -0.39 is 0 Å². The average molecular weight is 340 g/mol. The van der Waals surface area contributed by atoms with E-state index in [2.05, 4.69) is 63.1 Å². The van der Waals surface area contributed by atoms with Crippen molar-refractivity contribution in [3.63, 3.8) is 0 Å². The first kappa shape index (κ1) is 15.8. The average Bonchev–Trinajstić information content (AvgIpc) is 2.47. The van der Waals surface area contributed by atoms with Gasteiger partial charge in [-0.3, -0.25) is 4.90 Å². The van der Waals surface area contributed by atoms with Gasteiger partial charge in [-0.25, -0.2) is 0 Å². The molecule has 0 radical (unpaired) electrons. The highest BCUT2D eigenvalue weighted by Gasteiger charge is 2.18. The Morgan fingerprint density at radius 3 is 2.50 bits per heavy atom. The second kappa shape index (κ2) is 7.43. The van der Waals surface area contributed by atoms with Crippen molar-refractivity contribution in [3.05, 3.63) is 28.2 Å². The molecule has 1 fully saturated rings. The number of nitrogens with zero attached hydrogens (tertiary/aromatic N) is 2. The van der Waals surface area contributed by atoms with E-state index in [1.807, 2.05) is 7.05 Å². The van der Waals surface area contributed by atoms with Crippen molar-refractivity contribution < 1.29 is 0 Å². The molecule has 1 atom stereocenters. The maximum absolute atomic E-state index is 3.74. The van der Waals surface area contributed by atoms with Crippen LogP contribution in [0.1, 0.15) is 31.9 Å². The molecular weight excluding hydrogens is 314 g/mol. The molecule has 1 aromatic carbocycles. The van der Waals surface area contributed by atoms with Crippen molar-refractivity contribution in [1.29, 1.82) is 0 Å². The van der Waals surface area contributed by atoms with E-state index in [1.165, 1.54) is 41.8 Å². The molecule has 0 spiro atoms. The third kappa shape index (κ3) is 3.74. The molecule has 3 nitrogen and oxygen atoms in total. The molecule has 0 aromatic heterocycles. The monoisotopic (exact) mass is 339 g/mol. The highest BCUT2D eigenvalue weighted by atomic mass is 79.9. The van der Waals surface area contributed by atoms with Gasteiger partial charge < -0.3 is 10.2 Å². The minimum Gasteiger partial charge on any atom is -0.368 e. The van der Waals surface area contributed by atoms with Crippen molar-refractivity contribution in [1.82, 2.24) is 10.2 Å². The summed E-state index contributed by atoms with van der Waals surface area (Å²) in [7, 11) is 2.00. The molecule has 1 N–H and O–H groups in total. The summed E-state index contributed by atoms with van der Waals surface area (Å²) in [5.74, 6) is 0. The first-order valence-corrected chi connectivity index (χ1v) is 8.39. The van der Waals surface area contributed by atoms with E-state index in [1.54, 1.807) is 0 Å². The Balaban J connectivity index is 2.03. The van der Waals surface area contributed by atoms with Crippen LogP contribution in [0.4, 0.5) is 5.69 Å². The van der Waals surface area contributed by atoms with Crippen molar-refractivity contribution in [2.75, 3.05) is 44.7 Å². The van der Waals surface area contributed by atoms with Crippen LogP contribution in [0, 0.1) is 0 Å². The molecule has 0 saturated carbocycles. The standard InChI is InChI=1S/C16H26BrN3/c1-4-7-19-8-10-20(11-9-19)16-6-5-14(12-15(16)17)13(2)18-3/h5-6,12-13,18H,4,7-11H2,1-3H3. The molecule has 1 unspecified atom stereocenters. The fourth-order valence-corrected chi connectivity index (χ4v) is 3.39. The van der Waals surface area contributed by atoms with Gasteiger partial charge in [0, 0.05) is 36.7 Å². The molecule has 1 saturated heterocycles. The second-order valence-electron chi connectivity index (χ2n) is 5.55. The van der Waals surface area contributed by atoms with Crippen LogP contribution < -0.4 is 10.2 Å². The Kier molecular flexibility index (Phi) is 5.87. The maximum atomic E-state index is 3.74. The number of piperazine rings is 1. The predicted molar refractivity (Wildman–Crippen MR) is 90.6 cm³/mol. The van der Waals surface area contributed by atoms with Gasteiger partial charge in [0.05, 0.1) is 5.69 Å². The summed E-state index contributed by atoms with van der Waals surface area (Å²) >= 11 is 3.74. The topological polar surface area (TPSA) is 18.5 Å². The number of halogens is 1. The molecule has 0 bridgehead atoms. The summed E-state index contributed by atoms with van der Waals surface area (Å²) in [5.41, 5.74) is 2.65. The lowest BCUT2D eigenvalue weighted by molar-refractivity contribution is 0.258. The first-order chi connectivity index (χ1) is 9.65. The third-order valence-electron chi connectivity index (χ3n) is 4.16. The van der Waals surface area contributed by atoms with Gasteiger partial charge in [-0.2, -0.15) is 0 Å². The lowest BCUT2D eigenvalue weighted by atomic mass is 10.1. The van der Waals surface area contributed by atoms with Crippen LogP contribution in [-0.2, 0) is 0 Å². The van der Waals surface area contributed by atoms with E-state index in [0.717, 1.165) is 13.1 Å². The summed E-state index contributed by atoms with van der Waals surface area (Å²) in [6.07, 6.45) is 1.25. The Morgan fingerprint density at radius 2 is 1.95 bits per heavy atom. The minimum atomic E-state index is 0.391. The third-order valence-corrected chi connectivity index (χ3v) is 4.79. The van der Waals surface area contributed by atoms with Gasteiger partial charge in [0.15, 0.2) is 0 Å². The summed E-state index contributed by atoms with van der Waals surface area (Å²) in [6, 6.07) is 7.12. The van der Waals surface area contributed by atoms with Gasteiger partial charge in [0.25, 0.3) is 0 Å². The molecule has 1 aliphatic rings. The second-order valence-corrected chi connectivity index (χ2v) is 6.40. The van der Waals surface area contributed by atoms with Crippen LogP contribution in [0.25, 0.3) is 0 Å². The molecule has 1 heterocycles. The van der Waals surface area contributed by atoms with Crippen LogP contribution in [0.15, 0.2) is 22.7 Å². The summed E-state index contributed by atoms with van der Waals surface area (Å²) < 4.78 is 1.21. The highest BCUT2D eigenvalue weighted by molar-refractivity contribution is 9.10. The van der Waals surface area contributed by atoms with Gasteiger partial charge in [-0.15, -0.1) is 0 Å². The molecule has 2 rings (SSSR count). The van der Waals surface area contributed by atoms with Crippen molar-refractivity contribution >= 4 is 21.6 Å². The molecule has 1 aromatic rings. The van der Waals surface area contributed by atoms with Gasteiger partial charge >= 0.3 is 0 Å². The van der Waals surface area contributed by atoms with Gasteiger partial charge in [0.1, 0.15) is 0 Å². The Morgan fingerprint density at radius 1 is 1.25 bits per heavy atom. The zero-order valence-electron chi connectivity index (χ0n) is 12.8. The number of anilines is 1. The zero-order valence-corrected chi connectivity index (χ0v) is 14.4. The number of hydrogen-bond acceptors (Lipinski definition) is 3. The fourth-order valence-electron chi connectivity index (χ4n) is 2.74. The van der Waals surface area contributed by atoms with Gasteiger partial charge in [-0.1, -0.05) is 13.0 Å². The first-order valence-electron chi connectivity index (χ1n) is 7.59. The van der Waals surface area contributed by atoms with Crippen LogP contribution in [-0.4, -0.2) is 44.7 Å². The normalized spacial score (nSPS) is 18.3. The van der Waals surface area contributed by atoms with E-state index in [0.29, 0.717) is 6.04 Å². The zero-order chi connectivity index (χ0) is 14.5. The SMILES string of the molecule is CCCN1CCN(c2ccc(C(C)NC)cc2Br)CC1. The largest absolute Gasteiger partial charge is 0.368 e. The Bertz CT molecular complexity index is 428. The maximum Gasteiger partial charge on any atom is 0.0511 e. The van der Waals surface area contributed by atoms with Crippen LogP contribution in [0.2, 0.25) is 0 Å². The lowest BCUT2D eigenvalue weighted by Crippen LogP contribution is -2.46. The van der Waals surface area contributed by atoms with Crippen LogP contribution >= 0.6 is 15.9 Å². The Labute approximate surface area is 131 Å². The van der Waals surface area contributed by atoms with E-state index in [4.69, 9.17) is 0 Å². The predicted octanol–water partition coefficient (Wildman–Crippen LogP) is 3.26. The van der Waals surface area contributed by atoms with Gasteiger partial charge in [0.2, 0.25) is 0 Å². The molecule has 20 heavy (non-hydrogen) atoms. The summed E-state index contributed by atoms with van der Waals surface area (Å²) in [4.78, 5) is 5.05. The fraction of sp³-hybridized carbons (Fsp3) is 0.625. The van der Waals surface area contributed by atoms with Gasteiger partial charge in [-0.05, 0) is 60.6 Å². The lowest BCUT2D eigenvalue weighted by Gasteiger charge is -2.36. The highest BCUT2D eigenvalue weighted by Crippen LogP contribution is 2.30. The summed E-state index contributed by atoms with van der Waals surface area (Å²) in [5, 5.41) is 3.29. The van der Waals surface area contributed by atoms with Crippen LogP contribution in [0.3, 0.4) is 0 Å². The van der Waals surface area contributed by atoms with E-state index in [-0.39, 0.29) is 0 Å². The van der Waals surface area contributed by atoms with E-state index >= 15 is 0 Å². The van der Waals surface area contributed by atoms with Crippen molar-refractivity contribution in [2.45, 2.75) is 26.3 Å². The molecule has 112 valence electrons. The Hall–Kier alpha value is -0.580. The molecular formula is C16H26BrN3. The number of rotatable bonds is 5. The minimum absolute atomic E-state index is 0.391. The quantitative estimate of drug-likeness (QED) is 0.888. The van der Waals surface area contributed by atoms with E-state index in [9.17, 15) is 0 Å². The van der Waals surface area contributed by atoms with Crippen LogP contribution in [0.5, 0.6) is 0 Å². The smallest absolute Gasteiger partial charge is 0.0511 e.